The molecule has 3 aromatic rings. The summed E-state index contributed by atoms with van der Waals surface area (Å²) in [6.07, 6.45) is 0.542. The summed E-state index contributed by atoms with van der Waals surface area (Å²) in [6.45, 7) is 5.80. The third-order valence-electron chi connectivity index (χ3n) is 4.27. The normalized spacial score (nSPS) is 12.5. The van der Waals surface area contributed by atoms with Gasteiger partial charge in [0, 0.05) is 16.3 Å². The largest absolute Gasteiger partial charge is 0.353 e. The molecule has 5 N–H and O–H groups in total. The molecule has 26 heavy (non-hydrogen) atoms. The molecule has 0 spiro atoms. The number of rotatable bonds is 4. The summed E-state index contributed by atoms with van der Waals surface area (Å²) in [5, 5.41) is 1.94. The van der Waals surface area contributed by atoms with Crippen LogP contribution in [0.25, 0.3) is 21.8 Å². The van der Waals surface area contributed by atoms with Crippen molar-refractivity contribution in [3.8, 4) is 0 Å². The molecular formula is C19H23N5O2. The van der Waals surface area contributed by atoms with Crippen LogP contribution in [-0.4, -0.2) is 27.8 Å². The van der Waals surface area contributed by atoms with Gasteiger partial charge in [0.2, 0.25) is 0 Å². The highest BCUT2D eigenvalue weighted by Crippen LogP contribution is 2.27. The van der Waals surface area contributed by atoms with E-state index in [4.69, 9.17) is 5.73 Å². The number of fused-ring (bicyclic) bond motifs is 3. The van der Waals surface area contributed by atoms with Crippen LogP contribution in [-0.2, 0) is 4.79 Å². The molecule has 1 aromatic carbocycles. The van der Waals surface area contributed by atoms with Crippen LogP contribution in [0.4, 0.5) is 0 Å². The summed E-state index contributed by atoms with van der Waals surface area (Å²) >= 11 is 0. The maximum absolute atomic E-state index is 12.4. The summed E-state index contributed by atoms with van der Waals surface area (Å²) < 4.78 is 0. The average molecular weight is 353 g/mol. The highest BCUT2D eigenvalue weighted by molar-refractivity contribution is 6.10. The maximum atomic E-state index is 12.4. The van der Waals surface area contributed by atoms with Crippen molar-refractivity contribution in [2.45, 2.75) is 33.2 Å². The number of nitrogens with one attached hydrogen (secondary N) is 3. The molecule has 0 aliphatic heterocycles. The smallest absolute Gasteiger partial charge is 0.288 e. The van der Waals surface area contributed by atoms with E-state index >= 15 is 0 Å². The number of aryl methyl sites for hydroxylation is 1. The quantitative estimate of drug-likeness (QED) is 0.538. The Morgan fingerprint density at radius 3 is 2.65 bits per heavy atom. The molecule has 2 heterocycles. The lowest BCUT2D eigenvalue weighted by atomic mass is 10.0. The van der Waals surface area contributed by atoms with Crippen molar-refractivity contribution in [2.24, 2.45) is 11.7 Å². The van der Waals surface area contributed by atoms with Crippen molar-refractivity contribution in [3.05, 3.63) is 41.7 Å². The number of H-pyrrole nitrogens is 1. The maximum Gasteiger partial charge on any atom is 0.288 e. The van der Waals surface area contributed by atoms with Crippen LogP contribution in [0.2, 0.25) is 0 Å². The van der Waals surface area contributed by atoms with Crippen molar-refractivity contribution in [2.75, 3.05) is 0 Å². The Labute approximate surface area is 151 Å². The SMILES string of the molecule is Cc1nc(C(=O)NNC(=O)[C@@H](N)CC(C)C)cc2c1[nH]c1ccccc12. The first-order valence-electron chi connectivity index (χ1n) is 8.60. The number of hydrogen-bond acceptors (Lipinski definition) is 4. The fourth-order valence-corrected chi connectivity index (χ4v) is 3.01. The minimum atomic E-state index is -0.666. The molecule has 2 amide bonds. The molecule has 7 nitrogen and oxygen atoms in total. The predicted octanol–water partition coefficient (Wildman–Crippen LogP) is 2.16. The van der Waals surface area contributed by atoms with Gasteiger partial charge in [0.15, 0.2) is 0 Å². The highest BCUT2D eigenvalue weighted by Gasteiger charge is 2.17. The van der Waals surface area contributed by atoms with Gasteiger partial charge in [0.05, 0.1) is 17.3 Å². The lowest BCUT2D eigenvalue weighted by Crippen LogP contribution is -2.49. The average Bonchev–Trinajstić information content (AvgIpc) is 2.98. The number of hydrogen-bond donors (Lipinski definition) is 4. The monoisotopic (exact) mass is 353 g/mol. The molecule has 136 valence electrons. The highest BCUT2D eigenvalue weighted by atomic mass is 16.2. The Kier molecular flexibility index (Phi) is 4.90. The van der Waals surface area contributed by atoms with E-state index in [0.29, 0.717) is 18.0 Å². The van der Waals surface area contributed by atoms with E-state index in [-0.39, 0.29) is 5.69 Å². The summed E-state index contributed by atoms with van der Waals surface area (Å²) in [5.41, 5.74) is 13.4. The van der Waals surface area contributed by atoms with Crippen LogP contribution in [0.3, 0.4) is 0 Å². The Balaban J connectivity index is 1.80. The Bertz CT molecular complexity index is 977. The van der Waals surface area contributed by atoms with Gasteiger partial charge in [-0.2, -0.15) is 0 Å². The first-order chi connectivity index (χ1) is 12.4. The zero-order chi connectivity index (χ0) is 18.8. The van der Waals surface area contributed by atoms with Gasteiger partial charge in [-0.05, 0) is 31.4 Å². The van der Waals surface area contributed by atoms with Crippen LogP contribution in [0.5, 0.6) is 0 Å². The zero-order valence-corrected chi connectivity index (χ0v) is 15.1. The van der Waals surface area contributed by atoms with Crippen molar-refractivity contribution < 1.29 is 9.59 Å². The second kappa shape index (κ2) is 7.13. The van der Waals surface area contributed by atoms with Crippen molar-refractivity contribution >= 4 is 33.6 Å². The van der Waals surface area contributed by atoms with Gasteiger partial charge in [-0.1, -0.05) is 32.0 Å². The van der Waals surface area contributed by atoms with Gasteiger partial charge < -0.3 is 10.7 Å². The molecule has 1 atom stereocenters. The van der Waals surface area contributed by atoms with E-state index in [1.165, 1.54) is 0 Å². The van der Waals surface area contributed by atoms with Crippen LogP contribution >= 0.6 is 0 Å². The Morgan fingerprint density at radius 1 is 1.19 bits per heavy atom. The van der Waals surface area contributed by atoms with Crippen molar-refractivity contribution in [1.82, 2.24) is 20.8 Å². The van der Waals surface area contributed by atoms with Crippen LogP contribution in [0, 0.1) is 12.8 Å². The minimum Gasteiger partial charge on any atom is -0.353 e. The summed E-state index contributed by atoms with van der Waals surface area (Å²) in [6, 6.07) is 8.91. The molecule has 0 aliphatic carbocycles. The third-order valence-corrected chi connectivity index (χ3v) is 4.27. The molecule has 2 aromatic heterocycles. The van der Waals surface area contributed by atoms with Gasteiger partial charge in [-0.3, -0.25) is 20.4 Å². The number of carbonyl (C=O) groups is 2. The topological polar surface area (TPSA) is 113 Å². The fraction of sp³-hybridized carbons (Fsp3) is 0.316. The molecule has 0 aliphatic rings. The number of hydrazine groups is 1. The van der Waals surface area contributed by atoms with Gasteiger partial charge in [0.1, 0.15) is 5.69 Å². The van der Waals surface area contributed by atoms with E-state index in [1.54, 1.807) is 6.07 Å². The molecule has 7 heteroatoms. The lowest BCUT2D eigenvalue weighted by molar-refractivity contribution is -0.123. The van der Waals surface area contributed by atoms with Gasteiger partial charge in [0.25, 0.3) is 11.8 Å². The number of pyridine rings is 1. The predicted molar refractivity (Wildman–Crippen MR) is 101 cm³/mol. The van der Waals surface area contributed by atoms with Crippen molar-refractivity contribution in [3.63, 3.8) is 0 Å². The van der Waals surface area contributed by atoms with Crippen molar-refractivity contribution in [1.29, 1.82) is 0 Å². The number of benzene rings is 1. The number of para-hydroxylation sites is 1. The van der Waals surface area contributed by atoms with E-state index in [2.05, 4.69) is 20.8 Å². The van der Waals surface area contributed by atoms with Crippen LogP contribution in [0.1, 0.15) is 36.5 Å². The fourth-order valence-electron chi connectivity index (χ4n) is 3.01. The van der Waals surface area contributed by atoms with Crippen LogP contribution < -0.4 is 16.6 Å². The standard InChI is InChI=1S/C19H23N5O2/c1-10(2)8-14(20)18(25)23-24-19(26)16-9-13-12-6-4-5-7-15(12)22-17(13)11(3)21-16/h4-7,9-10,14,22H,8,20H2,1-3H3,(H,23,25)(H,24,26)/t14-/m0/s1. The number of nitrogens with zero attached hydrogens (tertiary/aromatic N) is 1. The molecule has 0 fully saturated rings. The number of carbonyl (C=O) groups excluding carboxylic acids is 2. The number of amides is 2. The second-order valence-corrected chi connectivity index (χ2v) is 6.87. The first kappa shape index (κ1) is 17.9. The third kappa shape index (κ3) is 3.52. The molecule has 0 saturated carbocycles. The molecule has 0 saturated heterocycles. The lowest BCUT2D eigenvalue weighted by Gasteiger charge is -2.14. The number of aromatic amines is 1. The van der Waals surface area contributed by atoms with Crippen LogP contribution in [0.15, 0.2) is 30.3 Å². The van der Waals surface area contributed by atoms with Gasteiger partial charge >= 0.3 is 0 Å². The van der Waals surface area contributed by atoms with Gasteiger partial charge in [-0.15, -0.1) is 0 Å². The first-order valence-corrected chi connectivity index (χ1v) is 8.60. The van der Waals surface area contributed by atoms with Gasteiger partial charge in [-0.25, -0.2) is 4.98 Å². The van der Waals surface area contributed by atoms with E-state index in [0.717, 1.165) is 21.8 Å². The number of nitrogens with two attached hydrogens (primary N) is 1. The van der Waals surface area contributed by atoms with E-state index in [1.807, 2.05) is 45.0 Å². The summed E-state index contributed by atoms with van der Waals surface area (Å²) in [5.74, 6) is -0.609. The Morgan fingerprint density at radius 2 is 1.92 bits per heavy atom. The number of aromatic nitrogens is 2. The Hall–Kier alpha value is -2.93. The molecule has 0 bridgehead atoms. The summed E-state index contributed by atoms with van der Waals surface area (Å²) in [7, 11) is 0. The molecule has 0 unspecified atom stereocenters. The van der Waals surface area contributed by atoms with E-state index < -0.39 is 17.9 Å². The second-order valence-electron chi connectivity index (χ2n) is 6.87. The minimum absolute atomic E-state index is 0.234. The molecular weight excluding hydrogens is 330 g/mol. The summed E-state index contributed by atoms with van der Waals surface area (Å²) in [4.78, 5) is 32.0. The zero-order valence-electron chi connectivity index (χ0n) is 15.1. The van der Waals surface area contributed by atoms with E-state index in [9.17, 15) is 9.59 Å². The molecule has 0 radical (unpaired) electrons. The molecule has 3 rings (SSSR count).